The van der Waals surface area contributed by atoms with E-state index in [4.69, 9.17) is 4.42 Å². The Morgan fingerprint density at radius 1 is 1.17 bits per heavy atom. The van der Waals surface area contributed by atoms with E-state index in [0.29, 0.717) is 24.4 Å². The molecule has 6 nitrogen and oxygen atoms in total. The van der Waals surface area contributed by atoms with Gasteiger partial charge in [0.1, 0.15) is 5.76 Å². The summed E-state index contributed by atoms with van der Waals surface area (Å²) in [6.07, 6.45) is 2.78. The van der Waals surface area contributed by atoms with Gasteiger partial charge < -0.3 is 4.42 Å². The first-order valence-electron chi connectivity index (χ1n) is 8.00. The van der Waals surface area contributed by atoms with Crippen molar-refractivity contribution >= 4 is 5.78 Å². The van der Waals surface area contributed by atoms with Crippen LogP contribution in [0.25, 0.3) is 5.95 Å². The molecule has 1 aliphatic rings. The van der Waals surface area contributed by atoms with E-state index in [1.54, 1.807) is 10.9 Å². The molecule has 24 heavy (non-hydrogen) atoms. The first-order chi connectivity index (χ1) is 11.5. The highest BCUT2D eigenvalue weighted by molar-refractivity contribution is 5.99. The second kappa shape index (κ2) is 5.40. The van der Waals surface area contributed by atoms with Crippen LogP contribution in [0.1, 0.15) is 51.2 Å². The highest BCUT2D eigenvalue weighted by Crippen LogP contribution is 2.35. The molecule has 0 bridgehead atoms. The molecule has 0 aromatic carbocycles. The number of ketones is 1. The van der Waals surface area contributed by atoms with Crippen LogP contribution in [0.2, 0.25) is 0 Å². The minimum absolute atomic E-state index is 0.0285. The van der Waals surface area contributed by atoms with Gasteiger partial charge in [0.15, 0.2) is 5.78 Å². The maximum Gasteiger partial charge on any atom is 0.251 e. The van der Waals surface area contributed by atoms with Gasteiger partial charge in [-0.15, -0.1) is 0 Å². The number of Topliss-reactive ketones (excluding diaryl/α,β-unsaturated/α-hetero) is 1. The van der Waals surface area contributed by atoms with Gasteiger partial charge in [0.05, 0.1) is 23.2 Å². The average Bonchev–Trinajstić information content (AvgIpc) is 3.14. The molecule has 0 N–H and O–H groups in total. The van der Waals surface area contributed by atoms with Gasteiger partial charge in [-0.3, -0.25) is 4.79 Å². The number of nitrogens with zero attached hydrogens (tertiary/aromatic N) is 4. The fourth-order valence-electron chi connectivity index (χ4n) is 3.45. The second-order valence-corrected chi connectivity index (χ2v) is 6.31. The lowest BCUT2D eigenvalue weighted by Crippen LogP contribution is -2.21. The van der Waals surface area contributed by atoms with E-state index in [1.807, 2.05) is 39.0 Å². The predicted octanol–water partition coefficient (Wildman–Crippen LogP) is 3.09. The normalized spacial score (nSPS) is 17.1. The van der Waals surface area contributed by atoms with E-state index in [1.165, 1.54) is 0 Å². The molecule has 4 rings (SSSR count). The van der Waals surface area contributed by atoms with Gasteiger partial charge in [-0.1, -0.05) is 0 Å². The molecule has 1 aliphatic carbocycles. The topological polar surface area (TPSA) is 73.8 Å². The number of aryl methyl sites for hydroxylation is 3. The molecule has 0 aliphatic heterocycles. The van der Waals surface area contributed by atoms with E-state index < -0.39 is 0 Å². The molecule has 0 amide bonds. The Morgan fingerprint density at radius 3 is 2.58 bits per heavy atom. The molecule has 1 atom stereocenters. The van der Waals surface area contributed by atoms with Gasteiger partial charge in [-0.25, -0.2) is 14.6 Å². The molecular formula is C18H18N4O2. The third-order valence-corrected chi connectivity index (χ3v) is 4.41. The summed E-state index contributed by atoms with van der Waals surface area (Å²) in [6.45, 7) is 5.72. The minimum atomic E-state index is 0.0285. The highest BCUT2D eigenvalue weighted by Gasteiger charge is 2.33. The van der Waals surface area contributed by atoms with Crippen LogP contribution in [0.15, 0.2) is 28.9 Å². The van der Waals surface area contributed by atoms with Gasteiger partial charge in [0.2, 0.25) is 0 Å². The van der Waals surface area contributed by atoms with E-state index in [0.717, 1.165) is 28.5 Å². The summed E-state index contributed by atoms with van der Waals surface area (Å²) in [7, 11) is 0. The summed E-state index contributed by atoms with van der Waals surface area (Å²) in [4.78, 5) is 21.6. The zero-order valence-corrected chi connectivity index (χ0v) is 13.9. The zero-order valence-electron chi connectivity index (χ0n) is 13.9. The lowest BCUT2D eigenvalue weighted by molar-refractivity contribution is 0.0959. The molecule has 0 saturated heterocycles. The van der Waals surface area contributed by atoms with E-state index in [-0.39, 0.29) is 11.7 Å². The van der Waals surface area contributed by atoms with Gasteiger partial charge in [-0.2, -0.15) is 5.10 Å². The lowest BCUT2D eigenvalue weighted by Gasteiger charge is -2.20. The second-order valence-electron chi connectivity index (χ2n) is 6.31. The van der Waals surface area contributed by atoms with Crippen LogP contribution >= 0.6 is 0 Å². The number of furan rings is 1. The standard InChI is InChI=1S/C18H18N4O2/c1-10-7-11(2)20-18(19-10)22-14-8-13(16-5-4-6-24-16)9-15(23)17(14)12(3)21-22/h4-7,13H,8-9H2,1-3H3/t13-/m0/s1. The first-order valence-corrected chi connectivity index (χ1v) is 8.00. The lowest BCUT2D eigenvalue weighted by atomic mass is 9.84. The van der Waals surface area contributed by atoms with Crippen LogP contribution in [0.3, 0.4) is 0 Å². The summed E-state index contributed by atoms with van der Waals surface area (Å²) >= 11 is 0. The molecule has 3 heterocycles. The molecule has 3 aromatic rings. The number of fused-ring (bicyclic) bond motifs is 1. The van der Waals surface area contributed by atoms with Crippen LogP contribution in [0, 0.1) is 20.8 Å². The number of hydrogen-bond donors (Lipinski definition) is 0. The number of rotatable bonds is 2. The maximum atomic E-state index is 12.7. The molecule has 0 unspecified atom stereocenters. The van der Waals surface area contributed by atoms with Crippen molar-refractivity contribution in [2.75, 3.05) is 0 Å². The quantitative estimate of drug-likeness (QED) is 0.725. The average molecular weight is 322 g/mol. The molecule has 0 spiro atoms. The Morgan fingerprint density at radius 2 is 1.92 bits per heavy atom. The van der Waals surface area contributed by atoms with Crippen molar-refractivity contribution in [1.29, 1.82) is 0 Å². The van der Waals surface area contributed by atoms with Crippen molar-refractivity contribution in [2.24, 2.45) is 0 Å². The number of hydrogen-bond acceptors (Lipinski definition) is 5. The Hall–Kier alpha value is -2.76. The Kier molecular flexibility index (Phi) is 3.33. The third kappa shape index (κ3) is 2.35. The predicted molar refractivity (Wildman–Crippen MR) is 87.5 cm³/mol. The number of aromatic nitrogens is 4. The van der Waals surface area contributed by atoms with E-state index in [9.17, 15) is 4.79 Å². The molecule has 0 fully saturated rings. The number of carbonyl (C=O) groups excluding carboxylic acids is 1. The number of carbonyl (C=O) groups is 1. The van der Waals surface area contributed by atoms with Crippen molar-refractivity contribution < 1.29 is 9.21 Å². The van der Waals surface area contributed by atoms with Crippen LogP contribution in [0.4, 0.5) is 0 Å². The van der Waals surface area contributed by atoms with Crippen LogP contribution < -0.4 is 0 Å². The first kappa shape index (κ1) is 14.8. The molecule has 0 radical (unpaired) electrons. The SMILES string of the molecule is Cc1cc(C)nc(-n2nc(C)c3c2C[C@H](c2ccco2)CC3=O)n1. The summed E-state index contributed by atoms with van der Waals surface area (Å²) in [5.74, 6) is 1.48. The molecule has 122 valence electrons. The Labute approximate surface area is 139 Å². The van der Waals surface area contributed by atoms with Crippen molar-refractivity contribution in [3.05, 3.63) is 58.6 Å². The van der Waals surface area contributed by atoms with Gasteiger partial charge in [0.25, 0.3) is 5.95 Å². The molecule has 0 saturated carbocycles. The van der Waals surface area contributed by atoms with Gasteiger partial charge in [-0.05, 0) is 39.0 Å². The van der Waals surface area contributed by atoms with Gasteiger partial charge >= 0.3 is 0 Å². The van der Waals surface area contributed by atoms with Crippen molar-refractivity contribution in [3.63, 3.8) is 0 Å². The van der Waals surface area contributed by atoms with Crippen LogP contribution in [-0.4, -0.2) is 25.5 Å². The smallest absolute Gasteiger partial charge is 0.251 e. The Bertz CT molecular complexity index is 905. The molecule has 3 aromatic heterocycles. The van der Waals surface area contributed by atoms with Crippen molar-refractivity contribution in [3.8, 4) is 5.95 Å². The van der Waals surface area contributed by atoms with E-state index in [2.05, 4.69) is 15.1 Å². The molecular weight excluding hydrogens is 304 g/mol. The van der Waals surface area contributed by atoms with Crippen molar-refractivity contribution in [1.82, 2.24) is 19.7 Å². The fourth-order valence-corrected chi connectivity index (χ4v) is 3.45. The third-order valence-electron chi connectivity index (χ3n) is 4.41. The van der Waals surface area contributed by atoms with Gasteiger partial charge in [0, 0.05) is 30.1 Å². The zero-order chi connectivity index (χ0) is 16.8. The van der Waals surface area contributed by atoms with Crippen molar-refractivity contribution in [2.45, 2.75) is 39.5 Å². The minimum Gasteiger partial charge on any atom is -0.469 e. The summed E-state index contributed by atoms with van der Waals surface area (Å²) in [5.41, 5.74) is 4.07. The maximum absolute atomic E-state index is 12.7. The van der Waals surface area contributed by atoms with Crippen LogP contribution in [-0.2, 0) is 6.42 Å². The summed E-state index contributed by atoms with van der Waals surface area (Å²) < 4.78 is 7.23. The largest absolute Gasteiger partial charge is 0.469 e. The fraction of sp³-hybridized carbons (Fsp3) is 0.333. The molecule has 6 heteroatoms. The summed E-state index contributed by atoms with van der Waals surface area (Å²) in [6, 6.07) is 5.69. The Balaban J connectivity index is 1.84. The monoisotopic (exact) mass is 322 g/mol. The highest BCUT2D eigenvalue weighted by atomic mass is 16.3. The van der Waals surface area contributed by atoms with E-state index >= 15 is 0 Å². The summed E-state index contributed by atoms with van der Waals surface area (Å²) in [5, 5.41) is 4.55. The van der Waals surface area contributed by atoms with Crippen LogP contribution in [0.5, 0.6) is 0 Å².